The summed E-state index contributed by atoms with van der Waals surface area (Å²) >= 11 is 7.99. The fourth-order valence-electron chi connectivity index (χ4n) is 15.8. The van der Waals surface area contributed by atoms with Gasteiger partial charge < -0.3 is 87.3 Å². The van der Waals surface area contributed by atoms with Crippen molar-refractivity contribution in [3.63, 3.8) is 0 Å². The average molecular weight is 1910 g/mol. The number of benzene rings is 6. The number of phenolic OH excluding ortho intramolecular Hbond substituents is 5. The molecule has 5 N–H and O–H groups in total. The van der Waals surface area contributed by atoms with E-state index in [1.165, 1.54) is 48.4 Å². The zero-order valence-corrected chi connectivity index (χ0v) is 74.2. The van der Waals surface area contributed by atoms with Gasteiger partial charge in [0.25, 0.3) is 23.6 Å². The topological polar surface area (TPSA) is 320 Å². The molecule has 0 saturated heterocycles. The Labute approximate surface area is 799 Å². The molecule has 9 aromatic heterocycles. The van der Waals surface area contributed by atoms with E-state index < -0.39 is 0 Å². The molecule has 0 spiro atoms. The van der Waals surface area contributed by atoms with Crippen molar-refractivity contribution in [1.29, 1.82) is 0 Å². The Balaban J connectivity index is 0.000000160. The van der Waals surface area contributed by atoms with E-state index in [4.69, 9.17) is 37.3 Å². The molecule has 5 atom stereocenters. The molecule has 0 aliphatic carbocycles. The summed E-state index contributed by atoms with van der Waals surface area (Å²) in [7, 11) is 3.38. The molecule has 6 aromatic carbocycles. The van der Waals surface area contributed by atoms with Gasteiger partial charge in [-0.2, -0.15) is 5.10 Å². The van der Waals surface area contributed by atoms with Crippen LogP contribution in [0.5, 0.6) is 63.2 Å². The van der Waals surface area contributed by atoms with Gasteiger partial charge in [0, 0.05) is 89.6 Å². The summed E-state index contributed by atoms with van der Waals surface area (Å²) < 4.78 is 53.1. The Morgan fingerprint density at radius 3 is 1.28 bits per heavy atom. The molecule has 0 radical (unpaired) electrons. The van der Waals surface area contributed by atoms with E-state index in [1.54, 1.807) is 269 Å². The van der Waals surface area contributed by atoms with Crippen molar-refractivity contribution in [3.8, 4) is 63.2 Å². The number of fused-ring (bicyclic) bond motifs is 5. The van der Waals surface area contributed by atoms with Crippen molar-refractivity contribution in [3.05, 3.63) is 346 Å². The maximum Gasteiger partial charge on any atom is 0.328 e. The third kappa shape index (κ3) is 24.2. The monoisotopic (exact) mass is 1910 g/mol. The number of aryl methyl sites for hydroxylation is 1. The number of aromatic nitrogens is 4. The number of carbonyl (C=O) groups excluding carboxylic acids is 5. The van der Waals surface area contributed by atoms with Gasteiger partial charge in [0.1, 0.15) is 125 Å². The molecule has 5 aliphatic heterocycles. The number of furan rings is 2. The predicted octanol–water partition coefficient (Wildman–Crippen LogP) is 21.5. The van der Waals surface area contributed by atoms with Crippen molar-refractivity contribution in [2.45, 2.75) is 99.4 Å². The number of aromatic hydroxyl groups is 5. The van der Waals surface area contributed by atoms with Crippen LogP contribution in [0.1, 0.15) is 161 Å². The largest absolute Gasteiger partial charge is 0.508 e. The molecule has 5 aliphatic rings. The normalized spacial score (nSPS) is 15.7. The maximum atomic E-state index is 13.2. The summed E-state index contributed by atoms with van der Waals surface area (Å²) in [6.45, 7) is 4.93. The first-order valence-corrected chi connectivity index (χ1v) is 45.9. The Bertz CT molecular complexity index is 5850. The van der Waals surface area contributed by atoms with E-state index in [0.717, 1.165) is 54.6 Å². The first kappa shape index (κ1) is 101. The second-order valence-electron chi connectivity index (χ2n) is 30.4. The Hall–Kier alpha value is -14.1. The van der Waals surface area contributed by atoms with Crippen LogP contribution in [0.4, 0.5) is 4.79 Å². The molecular formula is C102H111N9O18S5. The lowest BCUT2D eigenvalue weighted by Crippen LogP contribution is -2.43. The number of carbonyl (C=O) groups is 5. The lowest BCUT2D eigenvalue weighted by molar-refractivity contribution is 0.0546. The molecule has 14 heterocycles. The minimum Gasteiger partial charge on any atom is -0.508 e. The van der Waals surface area contributed by atoms with Crippen molar-refractivity contribution in [2.75, 3.05) is 72.9 Å². The third-order valence-corrected chi connectivity index (χ3v) is 27.3. The highest BCUT2D eigenvalue weighted by Crippen LogP contribution is 2.42. The lowest BCUT2D eigenvalue weighted by atomic mass is 9.99. The zero-order chi connectivity index (χ0) is 89.3. The summed E-state index contributed by atoms with van der Waals surface area (Å²) in [6.07, 6.45) is 15.8. The number of methoxy groups -OCH3 is 1. The van der Waals surface area contributed by atoms with Crippen LogP contribution in [0.15, 0.2) is 280 Å². The van der Waals surface area contributed by atoms with E-state index >= 15 is 0 Å². The van der Waals surface area contributed by atoms with Gasteiger partial charge in [-0.1, -0.05) is 43.2 Å². The quantitative estimate of drug-likeness (QED) is 0.0473. The Morgan fingerprint density at radius 2 is 0.828 bits per heavy atom. The van der Waals surface area contributed by atoms with Gasteiger partial charge in [0.2, 0.25) is 0 Å². The van der Waals surface area contributed by atoms with Crippen molar-refractivity contribution in [1.82, 2.24) is 43.2 Å². The van der Waals surface area contributed by atoms with Crippen molar-refractivity contribution < 1.29 is 86.8 Å². The molecule has 5 unspecified atom stereocenters. The molecule has 702 valence electrons. The summed E-state index contributed by atoms with van der Waals surface area (Å²) in [4.78, 5) is 79.6. The van der Waals surface area contributed by atoms with E-state index in [2.05, 4.69) is 55.3 Å². The van der Waals surface area contributed by atoms with Gasteiger partial charge in [-0.3, -0.25) is 28.4 Å². The fraction of sp³-hybridized carbons (Fsp3) is 0.265. The van der Waals surface area contributed by atoms with Crippen LogP contribution in [0.25, 0.3) is 0 Å². The number of thiophene rings is 4. The second-order valence-corrected chi connectivity index (χ2v) is 35.2. The molecule has 0 saturated carbocycles. The Kier molecular flexibility index (Phi) is 35.5. The summed E-state index contributed by atoms with van der Waals surface area (Å²) in [5, 5.41) is 59.4. The number of rotatable bonds is 20. The van der Waals surface area contributed by atoms with Gasteiger partial charge in [0.15, 0.2) is 5.76 Å². The van der Waals surface area contributed by atoms with Gasteiger partial charge >= 0.3 is 6.03 Å². The highest BCUT2D eigenvalue weighted by atomic mass is 32.1. The molecular weight excluding hydrogens is 1800 g/mol. The van der Waals surface area contributed by atoms with E-state index in [0.29, 0.717) is 115 Å². The number of hydrogen-bond donors (Lipinski definition) is 5. The minimum atomic E-state index is -0.341. The van der Waals surface area contributed by atoms with Crippen LogP contribution in [0.3, 0.4) is 0 Å². The lowest BCUT2D eigenvalue weighted by Gasteiger charge is -2.35. The molecule has 0 bridgehead atoms. The number of nitrogens with zero attached hydrogens (tertiary/aromatic N) is 9. The number of ether oxygens (including phenoxy) is 6. The van der Waals surface area contributed by atoms with Crippen LogP contribution in [0.2, 0.25) is 0 Å². The van der Waals surface area contributed by atoms with Crippen LogP contribution < -0.4 is 28.4 Å². The van der Waals surface area contributed by atoms with E-state index in [-0.39, 0.29) is 132 Å². The van der Waals surface area contributed by atoms with Crippen molar-refractivity contribution >= 4 is 86.5 Å². The molecule has 134 heavy (non-hydrogen) atoms. The number of hydrogen-bond acceptors (Lipinski definition) is 25. The van der Waals surface area contributed by atoms with Crippen LogP contribution >= 0.6 is 56.9 Å². The Morgan fingerprint density at radius 1 is 0.403 bits per heavy atom. The molecule has 15 aromatic rings. The van der Waals surface area contributed by atoms with E-state index in [1.807, 2.05) is 43.9 Å². The summed E-state index contributed by atoms with van der Waals surface area (Å²) in [5.74, 6) is 5.74. The highest BCUT2D eigenvalue weighted by Gasteiger charge is 2.40. The fourth-order valence-corrected chi connectivity index (χ4v) is 20.3. The predicted molar refractivity (Wildman–Crippen MR) is 523 cm³/mol. The standard InChI is InChI=1S/C22H21NO5.C19H19N3O3S.C19H18N2O3S.C19H17NO4S.C18H16N2O3S2.5CH4/c1-26-19-4-2-3-16(13-19)22(25)23-11-9-15-10-12-27-21(15)20(23)14-28-18-7-5-17(24)6-8-18;1-21-11-13(10-20-21)19(24)22-8-6-18-16(7-9-26-18)17(22)12-25-15-4-2-14(23)3-5-15;22-15-3-5-16(6-4-15)24-13-17-18-14(8-12-25-18)7-11-21(17)19(23)20-9-1-2-10-20;21-13-3-5-14(6-4-13)24-12-16-15-8-11-25-18(15)7-9-20(16)19(22)17-2-1-10-23-17;21-13-1-3-14(4-2-13)23-11-15-17-12(7-10-24-17)6-9-20(15)18(22)16-5-8-19-25-16;;;;;/h2-8,10,12-13,20,24H,9,11,14H2,1H3;2-5,7,9-11,17,23H,6,8,12H2,1H3;1-6,8-10,12,17,22H,7,11,13H2;1-6,8,10-11,16,21H,7,9,12H2;1-5,7-8,10,15,21H,6,9,11H2;5*1H4. The van der Waals surface area contributed by atoms with Crippen molar-refractivity contribution in [2.24, 2.45) is 7.05 Å². The smallest absolute Gasteiger partial charge is 0.328 e. The summed E-state index contributed by atoms with van der Waals surface area (Å²) in [5.41, 5.74) is 7.10. The summed E-state index contributed by atoms with van der Waals surface area (Å²) in [6, 6.07) is 58.4. The van der Waals surface area contributed by atoms with Gasteiger partial charge in [-0.05, 0) is 293 Å². The van der Waals surface area contributed by atoms with Gasteiger partial charge in [-0.15, -0.1) is 45.3 Å². The third-order valence-electron chi connectivity index (χ3n) is 22.4. The average Bonchev–Trinajstić information content (AvgIpc) is 1.68. The number of phenols is 5. The maximum absolute atomic E-state index is 13.2. The molecule has 5 amide bonds. The van der Waals surface area contributed by atoms with Crippen LogP contribution in [-0.2, 0) is 39.2 Å². The molecule has 20 rings (SSSR count). The first-order valence-electron chi connectivity index (χ1n) is 41.6. The molecule has 0 fully saturated rings. The first-order chi connectivity index (χ1) is 62.9. The van der Waals surface area contributed by atoms with Crippen LogP contribution in [-0.4, -0.2) is 171 Å². The van der Waals surface area contributed by atoms with Gasteiger partial charge in [0.05, 0.1) is 43.5 Å². The second kappa shape index (κ2) is 47.3. The molecule has 32 heteroatoms. The minimum absolute atomic E-state index is 0. The van der Waals surface area contributed by atoms with Crippen LogP contribution in [0, 0.1) is 0 Å². The zero-order valence-electron chi connectivity index (χ0n) is 70.1. The highest BCUT2D eigenvalue weighted by molar-refractivity contribution is 7.11. The van der Waals surface area contributed by atoms with Gasteiger partial charge in [-0.25, -0.2) is 9.17 Å². The number of amides is 5. The molecule has 27 nitrogen and oxygen atoms in total. The SMILES string of the molecule is C.C.C.C.C.COc1cccc(C(=O)N2CCc3ccoc3C2COc2ccc(O)cc2)c1.Cn1cc(C(=O)N2CCc3sccc3C2COc2ccc(O)cc2)cn1.O=C(N1CCc2ccsc2C1COc1ccc(O)cc1)n1cccc1.O=C(c1ccco1)N1CCc2sccc2C1COc1ccc(O)cc1.O=C(c1ccns1)N1CCc2ccsc2C1COc1ccc(O)cc1. The van der Waals surface area contributed by atoms with E-state index in [9.17, 15) is 49.5 Å².